The van der Waals surface area contributed by atoms with Gasteiger partial charge in [-0.3, -0.25) is 11.3 Å². The Morgan fingerprint density at radius 1 is 1.19 bits per heavy atom. The largest absolute Gasteiger partial charge is 0.494 e. The molecule has 0 fully saturated rings. The van der Waals surface area contributed by atoms with Crippen molar-refractivity contribution in [2.75, 3.05) is 7.11 Å². The molecule has 2 rings (SSSR count). The first kappa shape index (κ1) is 15.5. The zero-order valence-corrected chi connectivity index (χ0v) is 12.2. The molecule has 0 amide bonds. The van der Waals surface area contributed by atoms with Gasteiger partial charge in [-0.1, -0.05) is 36.4 Å². The number of hydrazine groups is 1. The molecular formula is C17H21FN2O. The molecule has 1 unspecified atom stereocenters. The van der Waals surface area contributed by atoms with Crippen molar-refractivity contribution in [3.63, 3.8) is 0 Å². The van der Waals surface area contributed by atoms with Crippen LogP contribution in [-0.4, -0.2) is 7.11 Å². The smallest absolute Gasteiger partial charge is 0.165 e. The Balaban J connectivity index is 1.96. The predicted molar refractivity (Wildman–Crippen MR) is 82.4 cm³/mol. The number of ether oxygens (including phenoxy) is 1. The van der Waals surface area contributed by atoms with Crippen LogP contribution in [0.5, 0.6) is 5.75 Å². The number of hydrogen-bond acceptors (Lipinski definition) is 3. The maximum Gasteiger partial charge on any atom is 0.165 e. The van der Waals surface area contributed by atoms with Crippen molar-refractivity contribution in [2.24, 2.45) is 5.84 Å². The highest BCUT2D eigenvalue weighted by Crippen LogP contribution is 2.25. The highest BCUT2D eigenvalue weighted by atomic mass is 19.1. The summed E-state index contributed by atoms with van der Waals surface area (Å²) in [5.41, 5.74) is 5.04. The first-order valence-electron chi connectivity index (χ1n) is 7.08. The van der Waals surface area contributed by atoms with Gasteiger partial charge in [0, 0.05) is 6.04 Å². The molecule has 4 heteroatoms. The third-order valence-electron chi connectivity index (χ3n) is 3.58. The summed E-state index contributed by atoms with van der Waals surface area (Å²) in [6.07, 6.45) is 2.87. The number of aryl methyl sites for hydroxylation is 1. The Hall–Kier alpha value is -1.91. The monoisotopic (exact) mass is 288 g/mol. The van der Waals surface area contributed by atoms with Crippen LogP contribution in [0.2, 0.25) is 0 Å². The lowest BCUT2D eigenvalue weighted by atomic mass is 9.99. The quantitative estimate of drug-likeness (QED) is 0.606. The fourth-order valence-electron chi connectivity index (χ4n) is 2.39. The molecule has 2 aromatic carbocycles. The van der Waals surface area contributed by atoms with Gasteiger partial charge >= 0.3 is 0 Å². The average Bonchev–Trinajstić information content (AvgIpc) is 2.53. The van der Waals surface area contributed by atoms with Gasteiger partial charge < -0.3 is 4.74 Å². The molecule has 21 heavy (non-hydrogen) atoms. The first-order chi connectivity index (χ1) is 10.2. The molecule has 112 valence electrons. The minimum absolute atomic E-state index is 0.0109. The Bertz CT molecular complexity index is 560. The van der Waals surface area contributed by atoms with Gasteiger partial charge in [-0.15, -0.1) is 0 Å². The summed E-state index contributed by atoms with van der Waals surface area (Å²) in [5.74, 6) is 5.52. The fourth-order valence-corrected chi connectivity index (χ4v) is 2.39. The summed E-state index contributed by atoms with van der Waals surface area (Å²) >= 11 is 0. The first-order valence-corrected chi connectivity index (χ1v) is 7.08. The van der Waals surface area contributed by atoms with Gasteiger partial charge in [0.25, 0.3) is 0 Å². The van der Waals surface area contributed by atoms with Gasteiger partial charge in [0.1, 0.15) is 0 Å². The van der Waals surface area contributed by atoms with Crippen molar-refractivity contribution >= 4 is 0 Å². The lowest BCUT2D eigenvalue weighted by Gasteiger charge is -2.17. The molecule has 0 aliphatic rings. The van der Waals surface area contributed by atoms with E-state index in [4.69, 9.17) is 10.6 Å². The molecule has 0 saturated heterocycles. The maximum atomic E-state index is 13.4. The zero-order chi connectivity index (χ0) is 15.1. The summed E-state index contributed by atoms with van der Waals surface area (Å²) in [6, 6.07) is 15.2. The fraction of sp³-hybridized carbons (Fsp3) is 0.294. The topological polar surface area (TPSA) is 47.3 Å². The Morgan fingerprint density at radius 2 is 1.95 bits per heavy atom. The van der Waals surface area contributed by atoms with Crippen LogP contribution >= 0.6 is 0 Å². The van der Waals surface area contributed by atoms with Gasteiger partial charge in [-0.05, 0) is 42.5 Å². The molecule has 3 nitrogen and oxygen atoms in total. The van der Waals surface area contributed by atoms with E-state index in [9.17, 15) is 4.39 Å². The number of hydrogen-bond donors (Lipinski definition) is 2. The standard InChI is InChI=1S/C17H21FN2O/c1-21-17-12-14(10-11-15(17)18)16(20-19)9-5-8-13-6-3-2-4-7-13/h2-4,6-7,10-12,16,20H,5,8-9,19H2,1H3. The van der Waals surface area contributed by atoms with E-state index in [2.05, 4.69) is 17.6 Å². The number of benzene rings is 2. The zero-order valence-electron chi connectivity index (χ0n) is 12.2. The van der Waals surface area contributed by atoms with Crippen LogP contribution < -0.4 is 16.0 Å². The third kappa shape index (κ3) is 4.28. The van der Waals surface area contributed by atoms with Crippen molar-refractivity contribution in [1.82, 2.24) is 5.43 Å². The molecule has 3 N–H and O–H groups in total. The number of nitrogens with one attached hydrogen (secondary N) is 1. The summed E-state index contributed by atoms with van der Waals surface area (Å²) in [6.45, 7) is 0. The highest BCUT2D eigenvalue weighted by molar-refractivity contribution is 5.32. The molecule has 0 aromatic heterocycles. The Labute approximate surface area is 124 Å². The average molecular weight is 288 g/mol. The van der Waals surface area contributed by atoms with Crippen molar-refractivity contribution in [3.8, 4) is 5.75 Å². The van der Waals surface area contributed by atoms with Crippen LogP contribution in [0.15, 0.2) is 48.5 Å². The minimum Gasteiger partial charge on any atom is -0.494 e. The van der Waals surface area contributed by atoms with E-state index in [0.717, 1.165) is 24.8 Å². The van der Waals surface area contributed by atoms with Gasteiger partial charge in [0.15, 0.2) is 11.6 Å². The van der Waals surface area contributed by atoms with E-state index in [-0.39, 0.29) is 17.6 Å². The van der Waals surface area contributed by atoms with E-state index in [1.54, 1.807) is 12.1 Å². The van der Waals surface area contributed by atoms with E-state index >= 15 is 0 Å². The number of rotatable bonds is 7. The molecule has 0 saturated carbocycles. The van der Waals surface area contributed by atoms with Gasteiger partial charge in [-0.25, -0.2) is 4.39 Å². The van der Waals surface area contributed by atoms with Crippen LogP contribution in [0.4, 0.5) is 4.39 Å². The number of nitrogens with two attached hydrogens (primary N) is 1. The molecule has 0 radical (unpaired) electrons. The molecular weight excluding hydrogens is 267 g/mol. The minimum atomic E-state index is -0.360. The second-order valence-corrected chi connectivity index (χ2v) is 4.99. The van der Waals surface area contributed by atoms with Crippen LogP contribution in [0, 0.1) is 5.82 Å². The van der Waals surface area contributed by atoms with Crippen LogP contribution in [-0.2, 0) is 6.42 Å². The Morgan fingerprint density at radius 3 is 2.62 bits per heavy atom. The summed E-state index contributed by atoms with van der Waals surface area (Å²) in [7, 11) is 1.46. The van der Waals surface area contributed by atoms with E-state index in [1.165, 1.54) is 18.7 Å². The van der Waals surface area contributed by atoms with Crippen LogP contribution in [0.3, 0.4) is 0 Å². The lowest BCUT2D eigenvalue weighted by Crippen LogP contribution is -2.28. The van der Waals surface area contributed by atoms with Crippen molar-refractivity contribution in [3.05, 3.63) is 65.5 Å². The predicted octanol–water partition coefficient (Wildman–Crippen LogP) is 3.36. The van der Waals surface area contributed by atoms with Crippen molar-refractivity contribution < 1.29 is 9.13 Å². The lowest BCUT2D eigenvalue weighted by molar-refractivity contribution is 0.384. The number of methoxy groups -OCH3 is 1. The maximum absolute atomic E-state index is 13.4. The summed E-state index contributed by atoms with van der Waals surface area (Å²) in [5, 5.41) is 0. The van der Waals surface area contributed by atoms with E-state index in [1.807, 2.05) is 18.2 Å². The third-order valence-corrected chi connectivity index (χ3v) is 3.58. The van der Waals surface area contributed by atoms with Crippen molar-refractivity contribution in [1.29, 1.82) is 0 Å². The molecule has 0 heterocycles. The van der Waals surface area contributed by atoms with Crippen LogP contribution in [0.1, 0.15) is 30.0 Å². The summed E-state index contributed by atoms with van der Waals surface area (Å²) < 4.78 is 18.4. The molecule has 0 aliphatic carbocycles. The van der Waals surface area contributed by atoms with Gasteiger partial charge in [0.05, 0.1) is 7.11 Å². The highest BCUT2D eigenvalue weighted by Gasteiger charge is 2.12. The normalized spacial score (nSPS) is 12.1. The van der Waals surface area contributed by atoms with E-state index in [0.29, 0.717) is 0 Å². The molecule has 2 aromatic rings. The van der Waals surface area contributed by atoms with Crippen molar-refractivity contribution in [2.45, 2.75) is 25.3 Å². The second kappa shape index (κ2) is 7.76. The van der Waals surface area contributed by atoms with Gasteiger partial charge in [-0.2, -0.15) is 0 Å². The second-order valence-electron chi connectivity index (χ2n) is 4.99. The SMILES string of the molecule is COc1cc(C(CCCc2ccccc2)NN)ccc1F. The molecule has 1 atom stereocenters. The van der Waals surface area contributed by atoms with Gasteiger partial charge in [0.2, 0.25) is 0 Å². The molecule has 0 bridgehead atoms. The summed E-state index contributed by atoms with van der Waals surface area (Å²) in [4.78, 5) is 0. The molecule has 0 spiro atoms. The van der Waals surface area contributed by atoms with Crippen LogP contribution in [0.25, 0.3) is 0 Å². The Kier molecular flexibility index (Phi) is 5.72. The van der Waals surface area contributed by atoms with E-state index < -0.39 is 0 Å². The molecule has 0 aliphatic heterocycles. The number of halogens is 1.